The number of nitrogens with zero attached hydrogens (tertiary/aromatic N) is 2. The fourth-order valence-electron chi connectivity index (χ4n) is 2.32. The summed E-state index contributed by atoms with van der Waals surface area (Å²) in [6.07, 6.45) is 0. The number of hydrogen-bond acceptors (Lipinski definition) is 3. The summed E-state index contributed by atoms with van der Waals surface area (Å²) in [6.45, 7) is 3.93. The largest absolute Gasteiger partial charge is 0.464 e. The fourth-order valence-corrected chi connectivity index (χ4v) is 2.58. The van der Waals surface area contributed by atoms with Crippen LogP contribution in [0.2, 0.25) is 5.02 Å². The van der Waals surface area contributed by atoms with Crippen molar-refractivity contribution < 1.29 is 4.42 Å². The molecule has 0 saturated heterocycles. The van der Waals surface area contributed by atoms with E-state index in [1.54, 1.807) is 0 Å². The highest BCUT2D eigenvalue weighted by molar-refractivity contribution is 6.35. The van der Waals surface area contributed by atoms with Crippen LogP contribution in [0.3, 0.4) is 0 Å². The molecule has 2 N–H and O–H groups in total. The summed E-state index contributed by atoms with van der Waals surface area (Å²) in [4.78, 5) is 4.34. The zero-order chi connectivity index (χ0) is 13.6. The molecule has 2 aromatic heterocycles. The number of benzene rings is 1. The van der Waals surface area contributed by atoms with Gasteiger partial charge in [0.25, 0.3) is 0 Å². The molecule has 1 unspecified atom stereocenters. The number of hydrogen-bond donors (Lipinski definition) is 1. The summed E-state index contributed by atoms with van der Waals surface area (Å²) in [7, 11) is 0. The SMILES string of the molecule is Cc1ccc(C(C)n2c(N)nc3cccc(Cl)c32)o1. The third kappa shape index (κ3) is 1.88. The lowest BCUT2D eigenvalue weighted by Crippen LogP contribution is -2.09. The van der Waals surface area contributed by atoms with Gasteiger partial charge in [-0.05, 0) is 38.1 Å². The van der Waals surface area contributed by atoms with Crippen molar-refractivity contribution in [2.45, 2.75) is 19.9 Å². The number of aromatic nitrogens is 2. The van der Waals surface area contributed by atoms with E-state index in [4.69, 9.17) is 21.8 Å². The van der Waals surface area contributed by atoms with Crippen molar-refractivity contribution in [3.8, 4) is 0 Å². The minimum Gasteiger partial charge on any atom is -0.464 e. The number of halogens is 1. The zero-order valence-corrected chi connectivity index (χ0v) is 11.5. The Morgan fingerprint density at radius 2 is 2.11 bits per heavy atom. The van der Waals surface area contributed by atoms with Crippen molar-refractivity contribution >= 4 is 28.6 Å². The maximum absolute atomic E-state index is 6.27. The molecule has 0 aliphatic carbocycles. The van der Waals surface area contributed by atoms with E-state index < -0.39 is 0 Å². The molecule has 1 atom stereocenters. The molecular formula is C14H14ClN3O. The van der Waals surface area contributed by atoms with Crippen molar-refractivity contribution in [1.82, 2.24) is 9.55 Å². The van der Waals surface area contributed by atoms with Gasteiger partial charge in [0.05, 0.1) is 22.1 Å². The summed E-state index contributed by atoms with van der Waals surface area (Å²) < 4.78 is 7.56. The van der Waals surface area contributed by atoms with Crippen LogP contribution < -0.4 is 5.73 Å². The van der Waals surface area contributed by atoms with Crippen LogP contribution in [0.5, 0.6) is 0 Å². The number of anilines is 1. The summed E-state index contributed by atoms with van der Waals surface area (Å²) in [5.41, 5.74) is 7.65. The van der Waals surface area contributed by atoms with Gasteiger partial charge in [0.15, 0.2) is 0 Å². The van der Waals surface area contributed by atoms with Crippen LogP contribution in [-0.2, 0) is 0 Å². The van der Waals surface area contributed by atoms with Crippen LogP contribution in [-0.4, -0.2) is 9.55 Å². The molecule has 98 valence electrons. The first-order valence-corrected chi connectivity index (χ1v) is 6.44. The molecule has 5 heteroatoms. The number of furan rings is 1. The summed E-state index contributed by atoms with van der Waals surface area (Å²) in [6, 6.07) is 9.42. The molecule has 0 fully saturated rings. The maximum atomic E-state index is 6.27. The van der Waals surface area contributed by atoms with Gasteiger partial charge in [-0.25, -0.2) is 4.98 Å². The molecule has 3 rings (SSSR count). The van der Waals surface area contributed by atoms with Crippen molar-refractivity contribution in [3.63, 3.8) is 0 Å². The van der Waals surface area contributed by atoms with E-state index in [2.05, 4.69) is 4.98 Å². The Bertz CT molecular complexity index is 744. The minimum atomic E-state index is -0.0569. The molecule has 0 bridgehead atoms. The van der Waals surface area contributed by atoms with Crippen LogP contribution >= 0.6 is 11.6 Å². The number of nitrogens with two attached hydrogens (primary N) is 1. The number of imidazole rings is 1. The standard InChI is InChI=1S/C14H14ClN3O/c1-8-6-7-12(19-8)9(2)18-13-10(15)4-3-5-11(13)17-14(18)16/h3-7,9H,1-2H3,(H2,16,17). The molecule has 4 nitrogen and oxygen atoms in total. The summed E-state index contributed by atoms with van der Waals surface area (Å²) >= 11 is 6.27. The highest BCUT2D eigenvalue weighted by atomic mass is 35.5. The lowest BCUT2D eigenvalue weighted by Gasteiger charge is -2.14. The van der Waals surface area contributed by atoms with Crippen molar-refractivity contribution in [3.05, 3.63) is 46.9 Å². The van der Waals surface area contributed by atoms with Crippen LogP contribution in [0, 0.1) is 6.92 Å². The summed E-state index contributed by atoms with van der Waals surface area (Å²) in [5, 5.41) is 0.636. The Morgan fingerprint density at radius 1 is 1.32 bits per heavy atom. The quantitative estimate of drug-likeness (QED) is 0.774. The Labute approximate surface area is 115 Å². The van der Waals surface area contributed by atoms with Crippen molar-refractivity contribution in [2.75, 3.05) is 5.73 Å². The lowest BCUT2D eigenvalue weighted by molar-refractivity contribution is 0.435. The average Bonchev–Trinajstić information content (AvgIpc) is 2.92. The molecule has 0 radical (unpaired) electrons. The summed E-state index contributed by atoms with van der Waals surface area (Å²) in [5.74, 6) is 2.14. The predicted octanol–water partition coefficient (Wildman–Crippen LogP) is 3.78. The van der Waals surface area contributed by atoms with Crippen LogP contribution in [0.25, 0.3) is 11.0 Å². The molecule has 1 aromatic carbocycles. The normalized spacial score (nSPS) is 13.0. The fraction of sp³-hybridized carbons (Fsp3) is 0.214. The highest BCUT2D eigenvalue weighted by Gasteiger charge is 2.19. The second-order valence-corrected chi connectivity index (χ2v) is 4.98. The van der Waals surface area contributed by atoms with Gasteiger partial charge in [-0.1, -0.05) is 17.7 Å². The third-order valence-electron chi connectivity index (χ3n) is 3.25. The van der Waals surface area contributed by atoms with Crippen LogP contribution in [0.15, 0.2) is 34.7 Å². The first kappa shape index (κ1) is 12.1. The van der Waals surface area contributed by atoms with Gasteiger partial charge in [0, 0.05) is 0 Å². The van der Waals surface area contributed by atoms with E-state index >= 15 is 0 Å². The molecule has 0 aliphatic rings. The molecule has 3 aromatic rings. The number of para-hydroxylation sites is 1. The van der Waals surface area contributed by atoms with E-state index in [0.29, 0.717) is 11.0 Å². The van der Waals surface area contributed by atoms with Gasteiger partial charge in [0.2, 0.25) is 5.95 Å². The van der Waals surface area contributed by atoms with E-state index in [0.717, 1.165) is 22.6 Å². The Morgan fingerprint density at radius 3 is 2.79 bits per heavy atom. The smallest absolute Gasteiger partial charge is 0.201 e. The first-order valence-electron chi connectivity index (χ1n) is 6.06. The van der Waals surface area contributed by atoms with Gasteiger partial charge < -0.3 is 10.2 Å². The van der Waals surface area contributed by atoms with E-state index in [1.807, 2.05) is 48.7 Å². The van der Waals surface area contributed by atoms with Gasteiger partial charge in [0.1, 0.15) is 11.5 Å². The number of aryl methyl sites for hydroxylation is 1. The number of fused-ring (bicyclic) bond motifs is 1. The number of nitrogen functional groups attached to an aromatic ring is 1. The second kappa shape index (κ2) is 4.31. The Hall–Kier alpha value is -1.94. The lowest BCUT2D eigenvalue weighted by atomic mass is 10.2. The van der Waals surface area contributed by atoms with Gasteiger partial charge in [-0.15, -0.1) is 0 Å². The molecule has 2 heterocycles. The second-order valence-electron chi connectivity index (χ2n) is 4.57. The van der Waals surface area contributed by atoms with Crippen LogP contribution in [0.4, 0.5) is 5.95 Å². The van der Waals surface area contributed by atoms with Gasteiger partial charge in [-0.3, -0.25) is 4.57 Å². The monoisotopic (exact) mass is 275 g/mol. The maximum Gasteiger partial charge on any atom is 0.201 e. The molecule has 0 aliphatic heterocycles. The Balaban J connectivity index is 2.22. The topological polar surface area (TPSA) is 57.0 Å². The van der Waals surface area contributed by atoms with E-state index in [1.165, 1.54) is 0 Å². The molecule has 0 spiro atoms. The van der Waals surface area contributed by atoms with Crippen molar-refractivity contribution in [1.29, 1.82) is 0 Å². The predicted molar refractivity (Wildman–Crippen MR) is 76.4 cm³/mol. The van der Waals surface area contributed by atoms with Gasteiger partial charge >= 0.3 is 0 Å². The van der Waals surface area contributed by atoms with Gasteiger partial charge in [-0.2, -0.15) is 0 Å². The molecule has 0 amide bonds. The zero-order valence-electron chi connectivity index (χ0n) is 10.7. The molecular weight excluding hydrogens is 262 g/mol. The van der Waals surface area contributed by atoms with E-state index in [-0.39, 0.29) is 6.04 Å². The Kier molecular flexibility index (Phi) is 2.75. The average molecular weight is 276 g/mol. The highest BCUT2D eigenvalue weighted by Crippen LogP contribution is 2.32. The number of rotatable bonds is 2. The van der Waals surface area contributed by atoms with Crippen LogP contribution in [0.1, 0.15) is 24.5 Å². The molecule has 19 heavy (non-hydrogen) atoms. The minimum absolute atomic E-state index is 0.0569. The third-order valence-corrected chi connectivity index (χ3v) is 3.55. The first-order chi connectivity index (χ1) is 9.08. The van der Waals surface area contributed by atoms with E-state index in [9.17, 15) is 0 Å². The van der Waals surface area contributed by atoms with Crippen molar-refractivity contribution in [2.24, 2.45) is 0 Å². The molecule has 0 saturated carbocycles.